The molecule has 0 aliphatic carbocycles. The average Bonchev–Trinajstić information content (AvgIpc) is 3.02. The number of hydrogen-bond acceptors (Lipinski definition) is 6. The number of nitrogens with one attached hydrogen (secondary N) is 1. The fourth-order valence-electron chi connectivity index (χ4n) is 1.91. The van der Waals surface area contributed by atoms with Crippen molar-refractivity contribution in [1.29, 1.82) is 0 Å². The summed E-state index contributed by atoms with van der Waals surface area (Å²) in [6.07, 6.45) is 5.93. The molecular weight excluding hydrogens is 258 g/mol. The highest BCUT2D eigenvalue weighted by Crippen LogP contribution is 2.28. The third-order valence-electron chi connectivity index (χ3n) is 2.90. The van der Waals surface area contributed by atoms with Crippen molar-refractivity contribution in [3.8, 4) is 11.8 Å². The number of methoxy groups -OCH3 is 2. The number of hydrogen-bond donors (Lipinski definition) is 1. The van der Waals surface area contributed by atoms with Crippen LogP contribution < -0.4 is 14.8 Å². The third-order valence-corrected chi connectivity index (χ3v) is 2.90. The second kappa shape index (κ2) is 6.91. The van der Waals surface area contributed by atoms with E-state index in [1.54, 1.807) is 32.9 Å². The minimum atomic E-state index is -0.123. The summed E-state index contributed by atoms with van der Waals surface area (Å²) < 4.78 is 15.6. The average molecular weight is 277 g/mol. The van der Waals surface area contributed by atoms with Gasteiger partial charge in [0, 0.05) is 5.56 Å². The first-order valence-electron chi connectivity index (χ1n) is 6.50. The van der Waals surface area contributed by atoms with Crippen molar-refractivity contribution in [2.24, 2.45) is 0 Å². The quantitative estimate of drug-likeness (QED) is 0.836. The van der Waals surface area contributed by atoms with Crippen LogP contribution in [-0.4, -0.2) is 30.7 Å². The Morgan fingerprint density at radius 2 is 2.20 bits per heavy atom. The van der Waals surface area contributed by atoms with Gasteiger partial charge in [-0.05, 0) is 19.0 Å². The number of furan rings is 1. The number of rotatable bonds is 7. The van der Waals surface area contributed by atoms with E-state index in [0.29, 0.717) is 17.5 Å². The predicted octanol–water partition coefficient (Wildman–Crippen LogP) is 2.18. The molecule has 0 saturated carbocycles. The minimum Gasteiger partial charge on any atom is -0.480 e. The van der Waals surface area contributed by atoms with E-state index in [9.17, 15) is 0 Å². The summed E-state index contributed by atoms with van der Waals surface area (Å²) in [4.78, 5) is 8.68. The molecule has 1 N–H and O–H groups in total. The van der Waals surface area contributed by atoms with Gasteiger partial charge < -0.3 is 19.2 Å². The van der Waals surface area contributed by atoms with Crippen molar-refractivity contribution in [3.63, 3.8) is 0 Å². The monoisotopic (exact) mass is 277 g/mol. The lowest BCUT2D eigenvalue weighted by Crippen LogP contribution is -2.24. The summed E-state index contributed by atoms with van der Waals surface area (Å²) in [6, 6.07) is 1.78. The van der Waals surface area contributed by atoms with E-state index < -0.39 is 0 Å². The van der Waals surface area contributed by atoms with E-state index >= 15 is 0 Å². The lowest BCUT2D eigenvalue weighted by molar-refractivity contribution is 0.352. The van der Waals surface area contributed by atoms with Crippen LogP contribution in [0.5, 0.6) is 11.8 Å². The Hall–Kier alpha value is -2.08. The number of aromatic nitrogens is 2. The summed E-state index contributed by atoms with van der Waals surface area (Å²) in [6.45, 7) is 2.96. The second-order valence-corrected chi connectivity index (χ2v) is 4.25. The Kier molecular flexibility index (Phi) is 4.95. The van der Waals surface area contributed by atoms with Gasteiger partial charge in [0.25, 0.3) is 0 Å². The van der Waals surface area contributed by atoms with Gasteiger partial charge in [-0.25, -0.2) is 4.98 Å². The molecule has 2 aromatic rings. The van der Waals surface area contributed by atoms with E-state index in [1.165, 1.54) is 0 Å². The zero-order chi connectivity index (χ0) is 14.4. The topological polar surface area (TPSA) is 69.4 Å². The number of ether oxygens (including phenoxy) is 2. The molecule has 6 nitrogen and oxygen atoms in total. The van der Waals surface area contributed by atoms with Crippen LogP contribution in [0, 0.1) is 0 Å². The van der Waals surface area contributed by atoms with Crippen molar-refractivity contribution in [1.82, 2.24) is 15.3 Å². The van der Waals surface area contributed by atoms with Crippen LogP contribution in [0.2, 0.25) is 0 Å². The molecule has 2 heterocycles. The molecule has 1 atom stereocenters. The second-order valence-electron chi connectivity index (χ2n) is 4.25. The van der Waals surface area contributed by atoms with Crippen LogP contribution in [0.3, 0.4) is 0 Å². The molecule has 108 valence electrons. The molecule has 2 rings (SSSR count). The van der Waals surface area contributed by atoms with Crippen molar-refractivity contribution < 1.29 is 13.9 Å². The van der Waals surface area contributed by atoms with Crippen molar-refractivity contribution in [3.05, 3.63) is 36.0 Å². The zero-order valence-electron chi connectivity index (χ0n) is 11.9. The van der Waals surface area contributed by atoms with Gasteiger partial charge in [0.05, 0.1) is 39.0 Å². The first-order valence-corrected chi connectivity index (χ1v) is 6.50. The van der Waals surface area contributed by atoms with Gasteiger partial charge >= 0.3 is 0 Å². The molecule has 0 spiro atoms. The molecule has 20 heavy (non-hydrogen) atoms. The van der Waals surface area contributed by atoms with Gasteiger partial charge in [0.1, 0.15) is 5.69 Å². The molecular formula is C14H19N3O3. The predicted molar refractivity (Wildman–Crippen MR) is 74.0 cm³/mol. The Bertz CT molecular complexity index is 528. The lowest BCUT2D eigenvalue weighted by atomic mass is 10.1. The Labute approximate surface area is 118 Å². The molecule has 0 fully saturated rings. The fraction of sp³-hybridized carbons (Fsp3) is 0.429. The van der Waals surface area contributed by atoms with E-state index in [-0.39, 0.29) is 6.04 Å². The van der Waals surface area contributed by atoms with Gasteiger partial charge in [0.15, 0.2) is 0 Å². The van der Waals surface area contributed by atoms with Crippen molar-refractivity contribution in [2.75, 3.05) is 20.8 Å². The standard InChI is InChI=1S/C14H19N3O3/c1-4-6-15-12(10-5-7-20-9-10)13-14(19-3)17-11(18-2)8-16-13/h5,7-9,12,15H,4,6H2,1-3H3. The molecule has 0 aliphatic heterocycles. The molecule has 0 amide bonds. The first-order chi connectivity index (χ1) is 9.80. The Balaban J connectivity index is 2.37. The molecule has 2 aromatic heterocycles. The SMILES string of the molecule is CCCNC(c1ccoc1)c1ncc(OC)nc1OC. The van der Waals surface area contributed by atoms with Gasteiger partial charge in [-0.3, -0.25) is 0 Å². The van der Waals surface area contributed by atoms with Crippen molar-refractivity contribution in [2.45, 2.75) is 19.4 Å². The molecule has 0 saturated heterocycles. The largest absolute Gasteiger partial charge is 0.480 e. The first kappa shape index (κ1) is 14.3. The van der Waals surface area contributed by atoms with Crippen LogP contribution in [0.25, 0.3) is 0 Å². The summed E-state index contributed by atoms with van der Waals surface area (Å²) in [5, 5.41) is 3.42. The molecule has 6 heteroatoms. The van der Waals surface area contributed by atoms with Gasteiger partial charge in [-0.1, -0.05) is 6.92 Å². The highest BCUT2D eigenvalue weighted by atomic mass is 16.5. The van der Waals surface area contributed by atoms with Crippen LogP contribution in [0.4, 0.5) is 0 Å². The summed E-state index contributed by atoms with van der Waals surface area (Å²) in [5.41, 5.74) is 1.69. The number of nitrogens with zero attached hydrogens (tertiary/aromatic N) is 2. The lowest BCUT2D eigenvalue weighted by Gasteiger charge is -2.18. The smallest absolute Gasteiger partial charge is 0.240 e. The van der Waals surface area contributed by atoms with E-state index in [0.717, 1.165) is 18.5 Å². The maximum atomic E-state index is 5.32. The van der Waals surface area contributed by atoms with Crippen LogP contribution in [0.15, 0.2) is 29.2 Å². The van der Waals surface area contributed by atoms with Crippen molar-refractivity contribution >= 4 is 0 Å². The summed E-state index contributed by atoms with van der Waals surface area (Å²) >= 11 is 0. The summed E-state index contributed by atoms with van der Waals surface area (Å²) in [5.74, 6) is 0.867. The zero-order valence-corrected chi connectivity index (χ0v) is 11.9. The molecule has 0 bridgehead atoms. The maximum Gasteiger partial charge on any atom is 0.240 e. The maximum absolute atomic E-state index is 5.32. The molecule has 0 aliphatic rings. The fourth-order valence-corrected chi connectivity index (χ4v) is 1.91. The van der Waals surface area contributed by atoms with Crippen LogP contribution in [-0.2, 0) is 0 Å². The molecule has 0 aromatic carbocycles. The third kappa shape index (κ3) is 3.08. The van der Waals surface area contributed by atoms with E-state index in [2.05, 4.69) is 22.2 Å². The van der Waals surface area contributed by atoms with E-state index in [1.807, 2.05) is 6.07 Å². The Morgan fingerprint density at radius 1 is 1.35 bits per heavy atom. The molecule has 1 unspecified atom stereocenters. The normalized spacial score (nSPS) is 12.2. The molecule has 0 radical (unpaired) electrons. The van der Waals surface area contributed by atoms with E-state index in [4.69, 9.17) is 13.9 Å². The summed E-state index contributed by atoms with van der Waals surface area (Å²) in [7, 11) is 3.12. The van der Waals surface area contributed by atoms with Crippen LogP contribution >= 0.6 is 0 Å². The van der Waals surface area contributed by atoms with Gasteiger partial charge in [-0.2, -0.15) is 4.98 Å². The van der Waals surface area contributed by atoms with Crippen LogP contribution in [0.1, 0.15) is 30.6 Å². The Morgan fingerprint density at radius 3 is 2.80 bits per heavy atom. The van der Waals surface area contributed by atoms with Gasteiger partial charge in [0.2, 0.25) is 11.8 Å². The minimum absolute atomic E-state index is 0.123. The highest BCUT2D eigenvalue weighted by Gasteiger charge is 2.22. The van der Waals surface area contributed by atoms with Gasteiger partial charge in [-0.15, -0.1) is 0 Å². The highest BCUT2D eigenvalue weighted by molar-refractivity contribution is 5.32.